The van der Waals surface area contributed by atoms with Crippen LogP contribution in [0, 0.1) is 0 Å². The molecule has 0 spiro atoms. The highest BCUT2D eigenvalue weighted by atomic mass is 32.2. The first-order chi connectivity index (χ1) is 9.95. The van der Waals surface area contributed by atoms with Gasteiger partial charge in [-0.3, -0.25) is 4.79 Å². The molecule has 0 amide bonds. The van der Waals surface area contributed by atoms with Gasteiger partial charge in [0.15, 0.2) is 15.6 Å². The third-order valence-corrected chi connectivity index (χ3v) is 4.62. The lowest BCUT2D eigenvalue weighted by Crippen LogP contribution is -2.03. The molecule has 1 aliphatic rings. The van der Waals surface area contributed by atoms with Crippen LogP contribution in [0.1, 0.15) is 21.5 Å². The van der Waals surface area contributed by atoms with Gasteiger partial charge in [0.05, 0.1) is 11.5 Å². The third kappa shape index (κ3) is 2.69. The Hall–Kier alpha value is -2.14. The van der Waals surface area contributed by atoms with Crippen molar-refractivity contribution in [2.24, 2.45) is 0 Å². The highest BCUT2D eigenvalue weighted by molar-refractivity contribution is 7.90. The number of sulfone groups is 1. The van der Waals surface area contributed by atoms with Crippen LogP contribution in [0.4, 0.5) is 0 Å². The molecule has 0 atom stereocenters. The molecule has 0 fully saturated rings. The largest absolute Gasteiger partial charge is 0.493 e. The average molecular weight is 302 g/mol. The number of ether oxygens (including phenoxy) is 1. The molecule has 0 bridgehead atoms. The van der Waals surface area contributed by atoms with Gasteiger partial charge < -0.3 is 4.74 Å². The van der Waals surface area contributed by atoms with Gasteiger partial charge >= 0.3 is 0 Å². The smallest absolute Gasteiger partial charge is 0.193 e. The lowest BCUT2D eigenvalue weighted by molar-refractivity contribution is 0.103. The molecule has 21 heavy (non-hydrogen) atoms. The predicted octanol–water partition coefficient (Wildman–Crippen LogP) is 2.26. The molecule has 0 radical (unpaired) electrons. The Morgan fingerprint density at radius 3 is 2.38 bits per heavy atom. The normalized spacial score (nSPS) is 13.6. The van der Waals surface area contributed by atoms with E-state index in [1.165, 1.54) is 12.1 Å². The lowest BCUT2D eigenvalue weighted by Gasteiger charge is -2.05. The lowest BCUT2D eigenvalue weighted by atomic mass is 10.0. The van der Waals surface area contributed by atoms with E-state index in [9.17, 15) is 13.2 Å². The van der Waals surface area contributed by atoms with E-state index in [-0.39, 0.29) is 10.7 Å². The first-order valence-corrected chi connectivity index (χ1v) is 8.45. The molecule has 0 saturated heterocycles. The van der Waals surface area contributed by atoms with E-state index in [0.29, 0.717) is 17.7 Å². The summed E-state index contributed by atoms with van der Waals surface area (Å²) in [5.74, 6) is 0.712. The molecule has 4 nitrogen and oxygen atoms in total. The molecule has 1 heterocycles. The van der Waals surface area contributed by atoms with Crippen molar-refractivity contribution in [1.29, 1.82) is 0 Å². The summed E-state index contributed by atoms with van der Waals surface area (Å²) in [6.07, 6.45) is 1.95. The zero-order valence-electron chi connectivity index (χ0n) is 11.5. The van der Waals surface area contributed by atoms with Gasteiger partial charge in [-0.05, 0) is 48.0 Å². The van der Waals surface area contributed by atoms with Crippen LogP contribution < -0.4 is 4.74 Å². The molecule has 0 N–H and O–H groups in total. The van der Waals surface area contributed by atoms with Crippen LogP contribution >= 0.6 is 0 Å². The van der Waals surface area contributed by atoms with Gasteiger partial charge in [-0.2, -0.15) is 0 Å². The molecule has 1 aliphatic heterocycles. The maximum atomic E-state index is 12.4. The van der Waals surface area contributed by atoms with Crippen LogP contribution in [0.3, 0.4) is 0 Å². The van der Waals surface area contributed by atoms with Gasteiger partial charge in [0, 0.05) is 23.8 Å². The van der Waals surface area contributed by atoms with Crippen LogP contribution in [0.25, 0.3) is 0 Å². The fourth-order valence-corrected chi connectivity index (χ4v) is 2.98. The molecule has 3 rings (SSSR count). The van der Waals surface area contributed by atoms with Crippen molar-refractivity contribution in [3.05, 3.63) is 59.2 Å². The summed E-state index contributed by atoms with van der Waals surface area (Å²) in [6.45, 7) is 0.649. The van der Waals surface area contributed by atoms with Gasteiger partial charge in [0.1, 0.15) is 5.75 Å². The number of carbonyl (C=O) groups is 1. The van der Waals surface area contributed by atoms with Crippen molar-refractivity contribution in [3.8, 4) is 5.75 Å². The molecule has 2 aromatic rings. The minimum Gasteiger partial charge on any atom is -0.493 e. The second-order valence-corrected chi connectivity index (χ2v) is 7.06. The molecule has 108 valence electrons. The third-order valence-electron chi connectivity index (χ3n) is 3.50. The quantitative estimate of drug-likeness (QED) is 0.816. The van der Waals surface area contributed by atoms with Crippen LogP contribution in [-0.2, 0) is 16.3 Å². The number of hydrogen-bond acceptors (Lipinski definition) is 4. The standard InChI is InChI=1S/C16H14O4S/c1-21(18,19)14-5-2-11(3-6-14)16(17)13-4-7-15-12(10-13)8-9-20-15/h2-7,10H,8-9H2,1H3. The second kappa shape index (κ2) is 5.00. The van der Waals surface area contributed by atoms with E-state index >= 15 is 0 Å². The van der Waals surface area contributed by atoms with Gasteiger partial charge in [0.2, 0.25) is 0 Å². The van der Waals surface area contributed by atoms with Crippen molar-refractivity contribution < 1.29 is 17.9 Å². The number of fused-ring (bicyclic) bond motifs is 1. The Kier molecular flexibility index (Phi) is 3.29. The summed E-state index contributed by atoms with van der Waals surface area (Å²) in [5.41, 5.74) is 2.10. The minimum atomic E-state index is -3.25. The molecule has 5 heteroatoms. The molecule has 2 aromatic carbocycles. The van der Waals surface area contributed by atoms with Crippen LogP contribution in [0.15, 0.2) is 47.4 Å². The number of carbonyl (C=O) groups excluding carboxylic acids is 1. The number of rotatable bonds is 3. The monoisotopic (exact) mass is 302 g/mol. The number of ketones is 1. The van der Waals surface area contributed by atoms with Gasteiger partial charge in [0.25, 0.3) is 0 Å². The van der Waals surface area contributed by atoms with Gasteiger partial charge in [-0.15, -0.1) is 0 Å². The zero-order chi connectivity index (χ0) is 15.0. The summed E-state index contributed by atoms with van der Waals surface area (Å²) in [4.78, 5) is 12.6. The maximum Gasteiger partial charge on any atom is 0.193 e. The van der Waals surface area contributed by atoms with E-state index in [1.54, 1.807) is 24.3 Å². The fourth-order valence-electron chi connectivity index (χ4n) is 2.35. The van der Waals surface area contributed by atoms with Crippen molar-refractivity contribution in [1.82, 2.24) is 0 Å². The summed E-state index contributed by atoms with van der Waals surface area (Å²) >= 11 is 0. The highest BCUT2D eigenvalue weighted by Crippen LogP contribution is 2.27. The Bertz CT molecular complexity index is 805. The summed E-state index contributed by atoms with van der Waals surface area (Å²) < 4.78 is 28.2. The molecule has 0 saturated carbocycles. The SMILES string of the molecule is CS(=O)(=O)c1ccc(C(=O)c2ccc3c(c2)CCO3)cc1. The van der Waals surface area contributed by atoms with E-state index in [2.05, 4.69) is 0 Å². The Morgan fingerprint density at radius 1 is 1.05 bits per heavy atom. The van der Waals surface area contributed by atoms with E-state index in [0.717, 1.165) is 24.0 Å². The van der Waals surface area contributed by atoms with Crippen molar-refractivity contribution in [2.45, 2.75) is 11.3 Å². The first-order valence-electron chi connectivity index (χ1n) is 6.56. The average Bonchev–Trinajstić information content (AvgIpc) is 2.93. The Balaban J connectivity index is 1.92. The van der Waals surface area contributed by atoms with Gasteiger partial charge in [-0.25, -0.2) is 8.42 Å². The number of benzene rings is 2. The topological polar surface area (TPSA) is 60.4 Å². The summed E-state index contributed by atoms with van der Waals surface area (Å²) in [6, 6.07) is 11.4. The zero-order valence-corrected chi connectivity index (χ0v) is 12.3. The van der Waals surface area contributed by atoms with Crippen molar-refractivity contribution in [3.63, 3.8) is 0 Å². The minimum absolute atomic E-state index is 0.121. The van der Waals surface area contributed by atoms with Gasteiger partial charge in [-0.1, -0.05) is 0 Å². The fraction of sp³-hybridized carbons (Fsp3) is 0.188. The molecule has 0 aromatic heterocycles. The second-order valence-electron chi connectivity index (χ2n) is 5.05. The highest BCUT2D eigenvalue weighted by Gasteiger charge is 2.16. The van der Waals surface area contributed by atoms with E-state index < -0.39 is 9.84 Å². The van der Waals surface area contributed by atoms with Crippen LogP contribution in [0.2, 0.25) is 0 Å². The molecular weight excluding hydrogens is 288 g/mol. The first kappa shape index (κ1) is 13.8. The maximum absolute atomic E-state index is 12.4. The predicted molar refractivity (Wildman–Crippen MR) is 78.6 cm³/mol. The van der Waals surface area contributed by atoms with Crippen molar-refractivity contribution >= 4 is 15.6 Å². The summed E-state index contributed by atoms with van der Waals surface area (Å²) in [5, 5.41) is 0. The molecule has 0 unspecified atom stereocenters. The van der Waals surface area contributed by atoms with Crippen molar-refractivity contribution in [2.75, 3.05) is 12.9 Å². The van der Waals surface area contributed by atoms with E-state index in [4.69, 9.17) is 4.74 Å². The Morgan fingerprint density at radius 2 is 1.71 bits per heavy atom. The van der Waals surface area contributed by atoms with Crippen LogP contribution in [-0.4, -0.2) is 27.1 Å². The van der Waals surface area contributed by atoms with Crippen LogP contribution in [0.5, 0.6) is 5.75 Å². The molecular formula is C16H14O4S. The molecule has 0 aliphatic carbocycles. The summed E-state index contributed by atoms with van der Waals surface area (Å²) in [7, 11) is -3.25. The Labute approximate surface area is 123 Å². The number of hydrogen-bond donors (Lipinski definition) is 0. The van der Waals surface area contributed by atoms with E-state index in [1.807, 2.05) is 6.07 Å².